The predicted octanol–water partition coefficient (Wildman–Crippen LogP) is 2.24. The fraction of sp³-hybridized carbons (Fsp3) is 1.00. The van der Waals surface area contributed by atoms with Crippen LogP contribution in [-0.2, 0) is 9.09 Å². The lowest BCUT2D eigenvalue weighted by molar-refractivity contribution is -0.186. The summed E-state index contributed by atoms with van der Waals surface area (Å²) in [5, 5.41) is 0. The van der Waals surface area contributed by atoms with Crippen LogP contribution in [0.15, 0.2) is 0 Å². The summed E-state index contributed by atoms with van der Waals surface area (Å²) in [4.78, 5) is 10.1. The topological polar surface area (TPSA) is 49.4 Å². The predicted molar refractivity (Wildman–Crippen MR) is 46.9 cm³/mol. The minimum Gasteiger partial charge on any atom is -0.566 e. The molecule has 2 atom stereocenters. The summed E-state index contributed by atoms with van der Waals surface area (Å²) in [6.45, 7) is 4.54. The highest BCUT2D eigenvalue weighted by Crippen LogP contribution is 2.18. The molecule has 0 radical (unpaired) electrons. The zero-order valence-corrected chi connectivity index (χ0v) is 8.68. The summed E-state index contributed by atoms with van der Waals surface area (Å²) >= 11 is 0. The minimum atomic E-state index is -2.65. The molecule has 0 heterocycles. The number of rotatable bonds is 7. The molecule has 0 saturated heterocycles. The molecule has 0 N–H and O–H groups in total. The van der Waals surface area contributed by atoms with Gasteiger partial charge in [0.1, 0.15) is 6.61 Å². The van der Waals surface area contributed by atoms with Crippen LogP contribution >= 0.6 is 8.25 Å². The van der Waals surface area contributed by atoms with Crippen LogP contribution in [0, 0.1) is 5.92 Å². The van der Waals surface area contributed by atoms with Gasteiger partial charge in [0, 0.05) is 0 Å². The highest BCUT2D eigenvalue weighted by molar-refractivity contribution is 7.30. The van der Waals surface area contributed by atoms with Gasteiger partial charge in [0.2, 0.25) is 0 Å². The Kier molecular flexibility index (Phi) is 7.67. The largest absolute Gasteiger partial charge is 0.566 e. The van der Waals surface area contributed by atoms with Gasteiger partial charge in [-0.1, -0.05) is 33.1 Å². The summed E-state index contributed by atoms with van der Waals surface area (Å²) in [7, 11) is -2.65. The summed E-state index contributed by atoms with van der Waals surface area (Å²) < 4.78 is 14.7. The molecule has 72 valence electrons. The summed E-state index contributed by atoms with van der Waals surface area (Å²) in [5.74, 6) is 0.401. The van der Waals surface area contributed by atoms with E-state index in [1.165, 1.54) is 0 Å². The molecule has 0 aromatic rings. The van der Waals surface area contributed by atoms with Crippen molar-refractivity contribution in [3.63, 3.8) is 0 Å². The van der Waals surface area contributed by atoms with E-state index in [0.29, 0.717) is 12.5 Å². The van der Waals surface area contributed by atoms with Crippen LogP contribution in [0.2, 0.25) is 0 Å². The van der Waals surface area contributed by atoms with Gasteiger partial charge in [0.25, 0.3) is 0 Å². The molecule has 0 aromatic heterocycles. The van der Waals surface area contributed by atoms with Gasteiger partial charge in [0.15, 0.2) is 0 Å². The van der Waals surface area contributed by atoms with Crippen molar-refractivity contribution < 1.29 is 14.0 Å². The Morgan fingerprint density at radius 3 is 2.58 bits per heavy atom. The fourth-order valence-electron chi connectivity index (χ4n) is 1.06. The van der Waals surface area contributed by atoms with Gasteiger partial charge in [-0.05, 0) is 16.9 Å². The Labute approximate surface area is 75.1 Å². The van der Waals surface area contributed by atoms with Gasteiger partial charge < -0.3 is 4.89 Å². The standard InChI is InChI=1S/C8H17O3P/c1-3-5-6-8(4-2)7-11-12(9)10/h8H,3-7H2,1-2H3. The lowest BCUT2D eigenvalue weighted by Crippen LogP contribution is -2.07. The van der Waals surface area contributed by atoms with E-state index < -0.39 is 8.25 Å². The third-order valence-electron chi connectivity index (χ3n) is 1.96. The first-order chi connectivity index (χ1) is 5.70. The monoisotopic (exact) mass is 192 g/mol. The molecule has 0 aliphatic rings. The van der Waals surface area contributed by atoms with Gasteiger partial charge in [-0.15, -0.1) is 4.52 Å². The molecule has 2 unspecified atom stereocenters. The smallest absolute Gasteiger partial charge is 0.488 e. The molecular formula is C8H17O3P. The summed E-state index contributed by atoms with van der Waals surface area (Å²) in [6.07, 6.45) is 4.36. The maximum atomic E-state index is 10.1. The highest BCUT2D eigenvalue weighted by Gasteiger charge is 2.10. The third-order valence-corrected chi connectivity index (χ3v) is 2.32. The van der Waals surface area contributed by atoms with Gasteiger partial charge in [-0.2, -0.15) is 0 Å². The van der Waals surface area contributed by atoms with Crippen molar-refractivity contribution in [2.45, 2.75) is 39.5 Å². The highest BCUT2D eigenvalue weighted by atomic mass is 31.1. The van der Waals surface area contributed by atoms with Gasteiger partial charge >= 0.3 is 8.25 Å². The van der Waals surface area contributed by atoms with Crippen LogP contribution in [0.3, 0.4) is 0 Å². The first-order valence-electron chi connectivity index (χ1n) is 4.48. The molecule has 12 heavy (non-hydrogen) atoms. The van der Waals surface area contributed by atoms with Crippen molar-refractivity contribution in [2.75, 3.05) is 6.61 Å². The van der Waals surface area contributed by atoms with E-state index >= 15 is 0 Å². The zero-order chi connectivity index (χ0) is 9.40. The maximum absolute atomic E-state index is 10.1. The molecule has 0 aliphatic carbocycles. The summed E-state index contributed by atoms with van der Waals surface area (Å²) in [6, 6.07) is 0. The Morgan fingerprint density at radius 1 is 1.50 bits per heavy atom. The molecular weight excluding hydrogens is 175 g/mol. The zero-order valence-electron chi connectivity index (χ0n) is 7.78. The third kappa shape index (κ3) is 6.71. The molecule has 0 aliphatic heterocycles. The normalized spacial score (nSPS) is 14.4. The molecule has 0 fully saturated rings. The van der Waals surface area contributed by atoms with Crippen molar-refractivity contribution >= 4 is 8.25 Å². The quantitative estimate of drug-likeness (QED) is 0.581. The van der Waals surface area contributed by atoms with Crippen molar-refractivity contribution in [2.24, 2.45) is 5.92 Å². The Balaban J connectivity index is 3.45. The van der Waals surface area contributed by atoms with E-state index in [-0.39, 0.29) is 0 Å². The van der Waals surface area contributed by atoms with Crippen molar-refractivity contribution in [1.82, 2.24) is 0 Å². The molecule has 0 bridgehead atoms. The van der Waals surface area contributed by atoms with Crippen LogP contribution in [0.25, 0.3) is 0 Å². The van der Waals surface area contributed by atoms with E-state index in [2.05, 4.69) is 18.4 Å². The number of unbranched alkanes of at least 4 members (excludes halogenated alkanes) is 1. The SMILES string of the molecule is CCCCC(CC)CO[P+](=O)[O-]. The van der Waals surface area contributed by atoms with E-state index in [9.17, 15) is 9.46 Å². The lowest BCUT2D eigenvalue weighted by Gasteiger charge is -2.09. The molecule has 0 aromatic carbocycles. The van der Waals surface area contributed by atoms with Crippen LogP contribution in [-0.4, -0.2) is 6.61 Å². The minimum absolute atomic E-state index is 0.356. The van der Waals surface area contributed by atoms with E-state index in [4.69, 9.17) is 0 Å². The first-order valence-corrected chi connectivity index (χ1v) is 5.57. The lowest BCUT2D eigenvalue weighted by atomic mass is 10.0. The second kappa shape index (κ2) is 7.66. The second-order valence-corrected chi connectivity index (χ2v) is 3.64. The average molecular weight is 192 g/mol. The van der Waals surface area contributed by atoms with Crippen LogP contribution in [0.5, 0.6) is 0 Å². The summed E-state index contributed by atoms with van der Waals surface area (Å²) in [5.41, 5.74) is 0. The van der Waals surface area contributed by atoms with Gasteiger partial charge in [-0.3, -0.25) is 0 Å². The van der Waals surface area contributed by atoms with Gasteiger partial charge in [0.05, 0.1) is 0 Å². The number of hydrogen-bond acceptors (Lipinski definition) is 3. The Morgan fingerprint density at radius 2 is 2.17 bits per heavy atom. The van der Waals surface area contributed by atoms with Crippen LogP contribution in [0.4, 0.5) is 0 Å². The van der Waals surface area contributed by atoms with E-state index in [1.54, 1.807) is 0 Å². The van der Waals surface area contributed by atoms with E-state index in [1.807, 2.05) is 0 Å². The van der Waals surface area contributed by atoms with Crippen molar-refractivity contribution in [3.8, 4) is 0 Å². The Bertz CT molecular complexity index is 127. The molecule has 0 saturated carbocycles. The van der Waals surface area contributed by atoms with Gasteiger partial charge in [-0.25, -0.2) is 0 Å². The molecule has 4 heteroatoms. The van der Waals surface area contributed by atoms with E-state index in [0.717, 1.165) is 25.7 Å². The second-order valence-electron chi connectivity index (χ2n) is 2.94. The Hall–Kier alpha value is 0.0200. The molecule has 0 spiro atoms. The fourth-order valence-corrected chi connectivity index (χ4v) is 1.40. The molecule has 0 amide bonds. The van der Waals surface area contributed by atoms with Crippen LogP contribution < -0.4 is 4.89 Å². The van der Waals surface area contributed by atoms with Crippen LogP contribution in [0.1, 0.15) is 39.5 Å². The van der Waals surface area contributed by atoms with Crippen molar-refractivity contribution in [1.29, 1.82) is 0 Å². The maximum Gasteiger partial charge on any atom is 0.488 e. The first kappa shape index (κ1) is 12.0. The molecule has 0 rings (SSSR count). The van der Waals surface area contributed by atoms with Crippen molar-refractivity contribution in [3.05, 3.63) is 0 Å². The molecule has 3 nitrogen and oxygen atoms in total. The number of hydrogen-bond donors (Lipinski definition) is 0. The average Bonchev–Trinajstić information content (AvgIpc) is 2.05.